The van der Waals surface area contributed by atoms with Crippen molar-refractivity contribution in [3.05, 3.63) is 46.9 Å². The fraction of sp³-hybridized carbons (Fsp3) is 0.0833. The summed E-state index contributed by atoms with van der Waals surface area (Å²) in [4.78, 5) is 14.3. The Morgan fingerprint density at radius 2 is 2.00 bits per heavy atom. The van der Waals surface area contributed by atoms with Crippen LogP contribution in [0.4, 0.5) is 5.69 Å². The summed E-state index contributed by atoms with van der Waals surface area (Å²) >= 11 is 0. The van der Waals surface area contributed by atoms with Gasteiger partial charge in [0.05, 0.1) is 12.7 Å². The normalized spacial score (nSPS) is 10.1. The zero-order valence-corrected chi connectivity index (χ0v) is 8.86. The zero-order valence-electron chi connectivity index (χ0n) is 8.86. The van der Waals surface area contributed by atoms with Crippen LogP contribution in [-0.2, 0) is 0 Å². The molecule has 3 N–H and O–H groups in total. The monoisotopic (exact) mass is 216 g/mol. The van der Waals surface area contributed by atoms with E-state index in [1.165, 1.54) is 6.20 Å². The molecule has 0 saturated heterocycles. The third-order valence-electron chi connectivity index (χ3n) is 2.32. The number of para-hydroxylation sites is 1. The molecule has 0 aliphatic carbocycles. The second-order valence-electron chi connectivity index (χ2n) is 3.38. The van der Waals surface area contributed by atoms with Crippen molar-refractivity contribution in [1.29, 1.82) is 0 Å². The van der Waals surface area contributed by atoms with E-state index in [1.54, 1.807) is 19.2 Å². The van der Waals surface area contributed by atoms with Crippen LogP contribution in [0, 0.1) is 0 Å². The minimum absolute atomic E-state index is 0.182. The molecule has 4 heteroatoms. The van der Waals surface area contributed by atoms with Crippen molar-refractivity contribution in [3.8, 4) is 16.9 Å². The van der Waals surface area contributed by atoms with Crippen LogP contribution in [0.5, 0.6) is 5.75 Å². The fourth-order valence-electron chi connectivity index (χ4n) is 1.57. The maximum atomic E-state index is 11.7. The minimum atomic E-state index is -0.182. The van der Waals surface area contributed by atoms with Gasteiger partial charge in [0.25, 0.3) is 5.56 Å². The fourth-order valence-corrected chi connectivity index (χ4v) is 1.57. The number of anilines is 1. The molecule has 2 aromatic rings. The van der Waals surface area contributed by atoms with E-state index in [1.807, 2.05) is 18.2 Å². The summed E-state index contributed by atoms with van der Waals surface area (Å²) in [6, 6.07) is 8.96. The molecule has 4 nitrogen and oxygen atoms in total. The Hall–Kier alpha value is -2.23. The van der Waals surface area contributed by atoms with Crippen LogP contribution in [0.1, 0.15) is 0 Å². The van der Waals surface area contributed by atoms with E-state index in [0.29, 0.717) is 17.0 Å². The first-order valence-corrected chi connectivity index (χ1v) is 4.84. The second kappa shape index (κ2) is 4.10. The lowest BCUT2D eigenvalue weighted by atomic mass is 10.1. The van der Waals surface area contributed by atoms with Crippen molar-refractivity contribution in [2.45, 2.75) is 0 Å². The number of pyridine rings is 1. The molecule has 0 saturated carbocycles. The molecule has 1 heterocycles. The lowest BCUT2D eigenvalue weighted by molar-refractivity contribution is 0.416. The van der Waals surface area contributed by atoms with Gasteiger partial charge in [-0.05, 0) is 12.1 Å². The van der Waals surface area contributed by atoms with Crippen LogP contribution >= 0.6 is 0 Å². The van der Waals surface area contributed by atoms with Gasteiger partial charge in [-0.25, -0.2) is 0 Å². The second-order valence-corrected chi connectivity index (χ2v) is 3.38. The van der Waals surface area contributed by atoms with Crippen molar-refractivity contribution in [3.63, 3.8) is 0 Å². The summed E-state index contributed by atoms with van der Waals surface area (Å²) in [7, 11) is 1.57. The molecule has 1 aromatic heterocycles. The van der Waals surface area contributed by atoms with E-state index >= 15 is 0 Å². The molecule has 82 valence electrons. The minimum Gasteiger partial charge on any atom is -0.496 e. The molecular formula is C12H12N2O2. The number of hydrogen-bond donors (Lipinski definition) is 2. The van der Waals surface area contributed by atoms with Gasteiger partial charge in [-0.2, -0.15) is 0 Å². The molecule has 0 unspecified atom stereocenters. The van der Waals surface area contributed by atoms with Crippen molar-refractivity contribution >= 4 is 5.69 Å². The molecular weight excluding hydrogens is 204 g/mol. The van der Waals surface area contributed by atoms with Crippen molar-refractivity contribution in [1.82, 2.24) is 4.98 Å². The van der Waals surface area contributed by atoms with Gasteiger partial charge in [0.1, 0.15) is 5.75 Å². The highest BCUT2D eigenvalue weighted by Crippen LogP contribution is 2.27. The van der Waals surface area contributed by atoms with Gasteiger partial charge in [-0.15, -0.1) is 0 Å². The van der Waals surface area contributed by atoms with Crippen LogP contribution < -0.4 is 16.0 Å². The van der Waals surface area contributed by atoms with Crippen molar-refractivity contribution in [2.75, 3.05) is 12.8 Å². The number of ether oxygens (including phenoxy) is 1. The number of nitrogen functional groups attached to an aromatic ring is 1. The first-order chi connectivity index (χ1) is 7.72. The van der Waals surface area contributed by atoms with E-state index in [4.69, 9.17) is 10.5 Å². The molecule has 0 amide bonds. The summed E-state index contributed by atoms with van der Waals surface area (Å²) in [6.07, 6.45) is 1.47. The molecule has 0 spiro atoms. The predicted octanol–water partition coefficient (Wildman–Crippen LogP) is 1.63. The Labute approximate surface area is 92.7 Å². The number of nitrogens with one attached hydrogen (secondary N) is 1. The van der Waals surface area contributed by atoms with E-state index in [0.717, 1.165) is 5.56 Å². The number of H-pyrrole nitrogens is 1. The number of methoxy groups -OCH3 is 1. The first-order valence-electron chi connectivity index (χ1n) is 4.84. The zero-order chi connectivity index (χ0) is 11.5. The van der Waals surface area contributed by atoms with Gasteiger partial charge in [0.2, 0.25) is 0 Å². The van der Waals surface area contributed by atoms with E-state index in [-0.39, 0.29) is 5.56 Å². The van der Waals surface area contributed by atoms with Crippen LogP contribution in [0.15, 0.2) is 41.3 Å². The quantitative estimate of drug-likeness (QED) is 0.801. The van der Waals surface area contributed by atoms with Crippen LogP contribution in [0.2, 0.25) is 0 Å². The van der Waals surface area contributed by atoms with Crippen LogP contribution in [0.3, 0.4) is 0 Å². The van der Waals surface area contributed by atoms with Gasteiger partial charge < -0.3 is 15.5 Å². The summed E-state index contributed by atoms with van der Waals surface area (Å²) < 4.78 is 5.20. The van der Waals surface area contributed by atoms with Gasteiger partial charge in [0, 0.05) is 17.4 Å². The predicted molar refractivity (Wildman–Crippen MR) is 63.5 cm³/mol. The smallest absolute Gasteiger partial charge is 0.256 e. The molecule has 0 radical (unpaired) electrons. The molecule has 0 atom stereocenters. The number of hydrogen-bond acceptors (Lipinski definition) is 3. The van der Waals surface area contributed by atoms with E-state index in [9.17, 15) is 4.79 Å². The van der Waals surface area contributed by atoms with Crippen LogP contribution in [-0.4, -0.2) is 12.1 Å². The molecule has 16 heavy (non-hydrogen) atoms. The molecule has 0 aliphatic rings. The number of aromatic nitrogens is 1. The van der Waals surface area contributed by atoms with E-state index < -0.39 is 0 Å². The molecule has 2 rings (SSSR count). The molecule has 0 aliphatic heterocycles. The summed E-state index contributed by atoms with van der Waals surface area (Å²) in [5, 5.41) is 0. The topological polar surface area (TPSA) is 68.1 Å². The average molecular weight is 216 g/mol. The Morgan fingerprint density at radius 3 is 2.75 bits per heavy atom. The Morgan fingerprint density at radius 1 is 1.25 bits per heavy atom. The average Bonchev–Trinajstić information content (AvgIpc) is 2.32. The SMILES string of the molecule is COc1ccccc1-c1cc(N)c[nH]c1=O. The van der Waals surface area contributed by atoms with Gasteiger partial charge >= 0.3 is 0 Å². The number of nitrogens with two attached hydrogens (primary N) is 1. The summed E-state index contributed by atoms with van der Waals surface area (Å²) in [6.45, 7) is 0. The highest BCUT2D eigenvalue weighted by atomic mass is 16.5. The van der Waals surface area contributed by atoms with Gasteiger partial charge in [-0.3, -0.25) is 4.79 Å². The van der Waals surface area contributed by atoms with Gasteiger partial charge in [0.15, 0.2) is 0 Å². The van der Waals surface area contributed by atoms with Gasteiger partial charge in [-0.1, -0.05) is 18.2 Å². The van der Waals surface area contributed by atoms with Crippen molar-refractivity contribution in [2.24, 2.45) is 0 Å². The largest absolute Gasteiger partial charge is 0.496 e. The highest BCUT2D eigenvalue weighted by molar-refractivity contribution is 5.71. The Bertz CT molecular complexity index is 561. The standard InChI is InChI=1S/C12H12N2O2/c1-16-11-5-3-2-4-9(11)10-6-8(13)7-14-12(10)15/h2-7H,13H2,1H3,(H,14,15). The summed E-state index contributed by atoms with van der Waals surface area (Å²) in [5.74, 6) is 0.651. The third kappa shape index (κ3) is 1.77. The molecule has 1 aromatic carbocycles. The lowest BCUT2D eigenvalue weighted by Crippen LogP contribution is -2.09. The summed E-state index contributed by atoms with van der Waals surface area (Å²) in [5.41, 5.74) is 7.22. The Kier molecular flexibility index (Phi) is 2.64. The van der Waals surface area contributed by atoms with E-state index in [2.05, 4.69) is 4.98 Å². The maximum Gasteiger partial charge on any atom is 0.256 e. The maximum absolute atomic E-state index is 11.7. The lowest BCUT2D eigenvalue weighted by Gasteiger charge is -2.07. The first kappa shape index (κ1) is 10.3. The third-order valence-corrected chi connectivity index (χ3v) is 2.32. The van der Waals surface area contributed by atoms with Crippen LogP contribution in [0.25, 0.3) is 11.1 Å². The highest BCUT2D eigenvalue weighted by Gasteiger charge is 2.08. The number of aromatic amines is 1. The number of benzene rings is 1. The molecule has 0 bridgehead atoms. The Balaban J connectivity index is 2.67. The number of rotatable bonds is 2. The van der Waals surface area contributed by atoms with Crippen molar-refractivity contribution < 1.29 is 4.74 Å². The molecule has 0 fully saturated rings.